The minimum absolute atomic E-state index is 0.147. The van der Waals surface area contributed by atoms with E-state index in [4.69, 9.17) is 18.6 Å². The summed E-state index contributed by atoms with van der Waals surface area (Å²) in [4.78, 5) is 0. The van der Waals surface area contributed by atoms with E-state index in [0.29, 0.717) is 6.42 Å². The number of hydrogen-bond donors (Lipinski definition) is 3. The summed E-state index contributed by atoms with van der Waals surface area (Å²) in [6, 6.07) is 0. The van der Waals surface area contributed by atoms with Gasteiger partial charge in [-0.3, -0.25) is 4.18 Å². The van der Waals surface area contributed by atoms with Crippen molar-refractivity contribution >= 4 is 10.1 Å². The van der Waals surface area contributed by atoms with E-state index in [0.717, 1.165) is 30.3 Å². The van der Waals surface area contributed by atoms with Gasteiger partial charge in [0.1, 0.15) is 0 Å². The van der Waals surface area contributed by atoms with E-state index in [2.05, 4.69) is 25.3 Å². The summed E-state index contributed by atoms with van der Waals surface area (Å²) in [6.45, 7) is 1.14. The van der Waals surface area contributed by atoms with Gasteiger partial charge in [-0.1, -0.05) is 6.42 Å². The summed E-state index contributed by atoms with van der Waals surface area (Å²) in [5.41, 5.74) is 0. The fraction of sp³-hybridized carbons (Fsp3) is 1.00. The molecule has 0 unspecified atom stereocenters. The van der Waals surface area contributed by atoms with Crippen molar-refractivity contribution in [2.45, 2.75) is 25.7 Å². The van der Waals surface area contributed by atoms with Crippen LogP contribution in [-0.2, 0) is 14.3 Å². The summed E-state index contributed by atoms with van der Waals surface area (Å²) < 4.78 is 57.5. The van der Waals surface area contributed by atoms with Gasteiger partial charge in [-0.25, -0.2) is 0 Å². The average molecular weight is 341 g/mol. The van der Waals surface area contributed by atoms with Crippen LogP contribution >= 0.6 is 0 Å². The van der Waals surface area contributed by atoms with Crippen molar-refractivity contribution < 1.29 is 46.0 Å². The quantitative estimate of drug-likeness (QED) is 0.275. The molecule has 0 atom stereocenters. The maximum atomic E-state index is 11.0. The normalized spacial score (nSPS) is 13.6. The molecule has 0 aliphatic carbocycles. The SMILES string of the molecule is COS(=O)(=O)CCCCCC[N+](C)(C)C.[O-][Cl+](O)(O)O. The standard InChI is InChI=1S/C10H24NO3S.ClH3O4/c1-11(2,3)9-7-5-6-8-10-15(12,13)14-4;2-1(3,4)5/h5-10H2,1-4H3;2-4H/q+1;. The molecule has 0 amide bonds. The van der Waals surface area contributed by atoms with Crippen LogP contribution < -0.4 is 4.66 Å². The van der Waals surface area contributed by atoms with Crippen molar-refractivity contribution in [2.24, 2.45) is 0 Å². The first-order valence-electron chi connectivity index (χ1n) is 6.02. The minimum atomic E-state index is -4.19. The van der Waals surface area contributed by atoms with Gasteiger partial charge in [0.2, 0.25) is 0 Å². The van der Waals surface area contributed by atoms with Crippen molar-refractivity contribution in [3.8, 4) is 0 Å². The zero-order valence-electron chi connectivity index (χ0n) is 12.5. The summed E-state index contributed by atoms with van der Waals surface area (Å²) in [5.74, 6) is 0.147. The van der Waals surface area contributed by atoms with Crippen molar-refractivity contribution in [3.63, 3.8) is 0 Å². The van der Waals surface area contributed by atoms with Crippen LogP contribution in [0.1, 0.15) is 25.7 Å². The summed E-state index contributed by atoms with van der Waals surface area (Å²) in [7, 11) is 0.268. The summed E-state index contributed by atoms with van der Waals surface area (Å²) in [5, 5.41) is 0. The zero-order chi connectivity index (χ0) is 16.4. The van der Waals surface area contributed by atoms with Crippen LogP contribution in [0.25, 0.3) is 0 Å². The second-order valence-electron chi connectivity index (χ2n) is 5.29. The monoisotopic (exact) mass is 340 g/mol. The predicted octanol–water partition coefficient (Wildman–Crippen LogP) is -1.63. The van der Waals surface area contributed by atoms with E-state index in [-0.39, 0.29) is 5.75 Å². The molecular weight excluding hydrogens is 314 g/mol. The average Bonchev–Trinajstić information content (AvgIpc) is 2.19. The van der Waals surface area contributed by atoms with Gasteiger partial charge in [-0.2, -0.15) is 8.42 Å². The number of unbranched alkanes of at least 4 members (excludes halogenated alkanes) is 3. The molecule has 0 aromatic rings. The molecule has 8 nitrogen and oxygen atoms in total. The Morgan fingerprint density at radius 1 is 1.05 bits per heavy atom. The Morgan fingerprint density at radius 2 is 1.45 bits per heavy atom. The number of quaternary nitrogens is 1. The Hall–Kier alpha value is -0.0000000000000000694. The molecular formula is C10H27ClNO7S+. The first-order valence-corrected chi connectivity index (χ1v) is 8.92. The van der Waals surface area contributed by atoms with Crippen LogP contribution in [-0.4, -0.2) is 67.4 Å². The Balaban J connectivity index is 0. The van der Waals surface area contributed by atoms with Crippen LogP contribution in [0.15, 0.2) is 0 Å². The first kappa shape index (κ1) is 22.3. The van der Waals surface area contributed by atoms with E-state index < -0.39 is 20.4 Å². The topological polar surface area (TPSA) is 127 Å². The number of nitrogens with zero attached hydrogens (tertiary/aromatic N) is 1. The van der Waals surface area contributed by atoms with E-state index in [1.165, 1.54) is 7.11 Å². The molecule has 20 heavy (non-hydrogen) atoms. The molecule has 0 radical (unpaired) electrons. The van der Waals surface area contributed by atoms with Crippen molar-refractivity contribution in [1.29, 1.82) is 0 Å². The third-order valence-corrected chi connectivity index (χ3v) is 3.52. The Bertz CT molecular complexity index is 328. The van der Waals surface area contributed by atoms with Gasteiger partial charge in [-0.15, -0.1) is 0 Å². The number of hydrogen-bond acceptors (Lipinski definition) is 7. The van der Waals surface area contributed by atoms with E-state index in [9.17, 15) is 8.42 Å². The van der Waals surface area contributed by atoms with Gasteiger partial charge in [0, 0.05) is 0 Å². The molecule has 0 spiro atoms. The molecule has 3 N–H and O–H groups in total. The van der Waals surface area contributed by atoms with Crippen LogP contribution in [0.5, 0.6) is 0 Å². The maximum absolute atomic E-state index is 11.0. The van der Waals surface area contributed by atoms with Crippen LogP contribution in [0.4, 0.5) is 0 Å². The molecule has 0 aliphatic rings. The van der Waals surface area contributed by atoms with Gasteiger partial charge in [0.25, 0.3) is 10.1 Å². The van der Waals surface area contributed by atoms with Crippen molar-refractivity contribution in [2.75, 3.05) is 40.6 Å². The zero-order valence-corrected chi connectivity index (χ0v) is 14.0. The third kappa shape index (κ3) is 26.5. The Morgan fingerprint density at radius 3 is 1.80 bits per heavy atom. The van der Waals surface area contributed by atoms with Crippen LogP contribution in [0.3, 0.4) is 0 Å². The molecule has 0 saturated carbocycles. The fourth-order valence-corrected chi connectivity index (χ4v) is 2.03. The Labute approximate surface area is 123 Å². The third-order valence-electron chi connectivity index (χ3n) is 2.23. The molecule has 0 bridgehead atoms. The van der Waals surface area contributed by atoms with Gasteiger partial charge >= 0.3 is 28.9 Å². The van der Waals surface area contributed by atoms with E-state index in [1.807, 2.05) is 0 Å². The van der Waals surface area contributed by atoms with Crippen LogP contribution in [0, 0.1) is 10.2 Å². The first-order chi connectivity index (χ1) is 8.77. The predicted molar refractivity (Wildman–Crippen MR) is 68.8 cm³/mol. The molecule has 0 fully saturated rings. The second kappa shape index (κ2) is 9.85. The molecule has 0 aliphatic heterocycles. The van der Waals surface area contributed by atoms with Gasteiger partial charge in [-0.05, 0) is 19.3 Å². The molecule has 0 heterocycles. The summed E-state index contributed by atoms with van der Waals surface area (Å²) >= 11 is 0. The molecule has 0 saturated heterocycles. The molecule has 0 aromatic carbocycles. The molecule has 126 valence electrons. The second-order valence-corrected chi connectivity index (χ2v) is 8.01. The molecule has 0 aromatic heterocycles. The molecule has 0 rings (SSSR count). The van der Waals surface area contributed by atoms with Gasteiger partial charge < -0.3 is 4.48 Å². The van der Waals surface area contributed by atoms with Gasteiger partial charge in [0.15, 0.2) is 0 Å². The van der Waals surface area contributed by atoms with E-state index >= 15 is 0 Å². The summed E-state index contributed by atoms with van der Waals surface area (Å²) in [6.07, 6.45) is 3.90. The Kier molecular flexibility index (Phi) is 11.0. The number of halogens is 1. The number of rotatable bonds is 8. The fourth-order valence-electron chi connectivity index (χ4n) is 1.30. The van der Waals surface area contributed by atoms with E-state index in [1.54, 1.807) is 0 Å². The molecule has 10 heteroatoms. The van der Waals surface area contributed by atoms with Gasteiger partial charge in [0.05, 0.1) is 40.6 Å². The van der Waals surface area contributed by atoms with Crippen molar-refractivity contribution in [1.82, 2.24) is 0 Å². The van der Waals surface area contributed by atoms with Crippen LogP contribution in [0.2, 0.25) is 0 Å². The van der Waals surface area contributed by atoms with Crippen molar-refractivity contribution in [3.05, 3.63) is 0 Å².